The number of morpholine rings is 1. The van der Waals surface area contributed by atoms with Gasteiger partial charge in [0.2, 0.25) is 10.0 Å². The highest BCUT2D eigenvalue weighted by molar-refractivity contribution is 7.88. The molecule has 13 heavy (non-hydrogen) atoms. The molecule has 0 saturated carbocycles. The molecular weight excluding hydrogens is 192 g/mol. The van der Waals surface area contributed by atoms with Crippen molar-refractivity contribution in [1.29, 1.82) is 0 Å². The molecule has 0 amide bonds. The zero-order chi connectivity index (χ0) is 9.90. The summed E-state index contributed by atoms with van der Waals surface area (Å²) in [5.41, 5.74) is 0. The number of rotatable bonds is 3. The topological polar surface area (TPSA) is 67.4 Å². The molecule has 1 fully saturated rings. The van der Waals surface area contributed by atoms with Gasteiger partial charge in [0.15, 0.2) is 0 Å². The lowest BCUT2D eigenvalue weighted by Crippen LogP contribution is -2.48. The third kappa shape index (κ3) is 4.56. The van der Waals surface area contributed by atoms with E-state index >= 15 is 0 Å². The Morgan fingerprint density at radius 3 is 2.77 bits per heavy atom. The van der Waals surface area contributed by atoms with Gasteiger partial charge in [0.25, 0.3) is 0 Å². The Hall–Kier alpha value is -0.170. The van der Waals surface area contributed by atoms with Crippen LogP contribution in [0.2, 0.25) is 0 Å². The van der Waals surface area contributed by atoms with Gasteiger partial charge in [-0.3, -0.25) is 0 Å². The van der Waals surface area contributed by atoms with Crippen LogP contribution in [0.25, 0.3) is 0 Å². The maximum Gasteiger partial charge on any atom is 0.208 e. The van der Waals surface area contributed by atoms with Crippen LogP contribution in [0, 0.1) is 0 Å². The predicted molar refractivity (Wildman–Crippen MR) is 50.1 cm³/mol. The number of hydrogen-bond donors (Lipinski definition) is 2. The molecule has 0 aliphatic carbocycles. The first-order chi connectivity index (χ1) is 5.97. The molecule has 1 heterocycles. The molecule has 0 bridgehead atoms. The quantitative estimate of drug-likeness (QED) is 0.618. The van der Waals surface area contributed by atoms with Crippen molar-refractivity contribution >= 4 is 10.0 Å². The summed E-state index contributed by atoms with van der Waals surface area (Å²) >= 11 is 0. The van der Waals surface area contributed by atoms with Gasteiger partial charge in [-0.2, -0.15) is 0 Å². The minimum atomic E-state index is -3.10. The fourth-order valence-corrected chi connectivity index (χ4v) is 1.73. The highest BCUT2D eigenvalue weighted by atomic mass is 32.2. The predicted octanol–water partition coefficient (Wildman–Crippen LogP) is -1.09. The van der Waals surface area contributed by atoms with Crippen molar-refractivity contribution in [2.45, 2.75) is 19.1 Å². The van der Waals surface area contributed by atoms with E-state index in [9.17, 15) is 8.42 Å². The van der Waals surface area contributed by atoms with Gasteiger partial charge in [0, 0.05) is 19.6 Å². The lowest BCUT2D eigenvalue weighted by molar-refractivity contribution is -0.0233. The average Bonchev–Trinajstić information content (AvgIpc) is 2.00. The van der Waals surface area contributed by atoms with Gasteiger partial charge in [-0.25, -0.2) is 13.1 Å². The van der Waals surface area contributed by atoms with Gasteiger partial charge in [-0.05, 0) is 6.92 Å². The average molecular weight is 208 g/mol. The Balaban J connectivity index is 2.29. The Labute approximate surface area is 78.9 Å². The molecule has 2 atom stereocenters. The molecule has 0 unspecified atom stereocenters. The van der Waals surface area contributed by atoms with Gasteiger partial charge in [-0.15, -0.1) is 0 Å². The molecule has 0 aromatic heterocycles. The van der Waals surface area contributed by atoms with Gasteiger partial charge in [0.05, 0.1) is 18.5 Å². The van der Waals surface area contributed by atoms with Crippen LogP contribution < -0.4 is 10.0 Å². The third-order valence-corrected chi connectivity index (χ3v) is 2.49. The summed E-state index contributed by atoms with van der Waals surface area (Å²) in [7, 11) is -3.10. The molecule has 1 rings (SSSR count). The number of nitrogens with one attached hydrogen (secondary N) is 2. The van der Waals surface area contributed by atoms with Crippen molar-refractivity contribution in [3.8, 4) is 0 Å². The molecule has 1 saturated heterocycles. The summed E-state index contributed by atoms with van der Waals surface area (Å²) in [6.07, 6.45) is 1.24. The number of ether oxygens (including phenoxy) is 1. The molecule has 0 spiro atoms. The van der Waals surface area contributed by atoms with E-state index in [0.717, 1.165) is 12.8 Å². The first kappa shape index (κ1) is 10.9. The SMILES string of the molecule is C[C@@H]1CNC[C@H](CNS(C)(=O)=O)O1. The van der Waals surface area contributed by atoms with Gasteiger partial charge >= 0.3 is 0 Å². The standard InChI is InChI=1S/C7H16N2O3S/c1-6-3-8-4-7(12-6)5-9-13(2,10)11/h6-9H,3-5H2,1-2H3/t6-,7-/m1/s1. The maximum absolute atomic E-state index is 10.8. The fourth-order valence-electron chi connectivity index (χ4n) is 1.24. The summed E-state index contributed by atoms with van der Waals surface area (Å²) in [4.78, 5) is 0. The first-order valence-electron chi connectivity index (χ1n) is 4.28. The van der Waals surface area contributed by atoms with Crippen LogP contribution in [0.4, 0.5) is 0 Å². The molecule has 1 aliphatic heterocycles. The van der Waals surface area contributed by atoms with E-state index in [0.29, 0.717) is 13.1 Å². The Morgan fingerprint density at radius 1 is 1.54 bits per heavy atom. The van der Waals surface area contributed by atoms with Crippen molar-refractivity contribution in [3.63, 3.8) is 0 Å². The molecule has 0 aromatic rings. The van der Waals surface area contributed by atoms with E-state index < -0.39 is 10.0 Å². The van der Waals surface area contributed by atoms with Crippen LogP contribution in [-0.2, 0) is 14.8 Å². The molecule has 0 aromatic carbocycles. The molecule has 1 aliphatic rings. The largest absolute Gasteiger partial charge is 0.371 e. The van der Waals surface area contributed by atoms with Gasteiger partial charge in [-0.1, -0.05) is 0 Å². The van der Waals surface area contributed by atoms with Crippen LogP contribution in [0.15, 0.2) is 0 Å². The molecule has 5 nitrogen and oxygen atoms in total. The van der Waals surface area contributed by atoms with E-state index in [1.165, 1.54) is 0 Å². The zero-order valence-corrected chi connectivity index (χ0v) is 8.73. The van der Waals surface area contributed by atoms with E-state index in [-0.39, 0.29) is 12.2 Å². The number of sulfonamides is 1. The minimum absolute atomic E-state index is 0.0570. The summed E-state index contributed by atoms with van der Waals surface area (Å²) in [5, 5.41) is 3.16. The van der Waals surface area contributed by atoms with Gasteiger partial charge in [0.1, 0.15) is 0 Å². The monoisotopic (exact) mass is 208 g/mol. The van der Waals surface area contributed by atoms with Crippen molar-refractivity contribution in [1.82, 2.24) is 10.0 Å². The smallest absolute Gasteiger partial charge is 0.208 e. The molecule has 78 valence electrons. The highest BCUT2D eigenvalue weighted by Gasteiger charge is 2.19. The van der Waals surface area contributed by atoms with E-state index in [1.807, 2.05) is 6.92 Å². The molecule has 0 radical (unpaired) electrons. The normalized spacial score (nSPS) is 30.3. The zero-order valence-electron chi connectivity index (χ0n) is 7.91. The minimum Gasteiger partial charge on any atom is -0.371 e. The summed E-state index contributed by atoms with van der Waals surface area (Å²) < 4.78 is 29.4. The van der Waals surface area contributed by atoms with Crippen molar-refractivity contribution in [2.75, 3.05) is 25.9 Å². The van der Waals surface area contributed by atoms with E-state index in [4.69, 9.17) is 4.74 Å². The van der Waals surface area contributed by atoms with Crippen molar-refractivity contribution < 1.29 is 13.2 Å². The first-order valence-corrected chi connectivity index (χ1v) is 6.17. The van der Waals surface area contributed by atoms with Crippen molar-refractivity contribution in [3.05, 3.63) is 0 Å². The van der Waals surface area contributed by atoms with Crippen LogP contribution in [0.3, 0.4) is 0 Å². The summed E-state index contributed by atoms with van der Waals surface area (Å²) in [5.74, 6) is 0. The lowest BCUT2D eigenvalue weighted by Gasteiger charge is -2.28. The highest BCUT2D eigenvalue weighted by Crippen LogP contribution is 2.01. The molecule has 2 N–H and O–H groups in total. The van der Waals surface area contributed by atoms with Crippen LogP contribution in [0.5, 0.6) is 0 Å². The van der Waals surface area contributed by atoms with Crippen LogP contribution >= 0.6 is 0 Å². The van der Waals surface area contributed by atoms with Crippen LogP contribution in [0.1, 0.15) is 6.92 Å². The van der Waals surface area contributed by atoms with Crippen LogP contribution in [-0.4, -0.2) is 46.5 Å². The van der Waals surface area contributed by atoms with E-state index in [2.05, 4.69) is 10.0 Å². The van der Waals surface area contributed by atoms with E-state index in [1.54, 1.807) is 0 Å². The maximum atomic E-state index is 10.8. The molecule has 6 heteroatoms. The fraction of sp³-hybridized carbons (Fsp3) is 1.00. The van der Waals surface area contributed by atoms with Crippen molar-refractivity contribution in [2.24, 2.45) is 0 Å². The second-order valence-corrected chi connectivity index (χ2v) is 5.18. The second-order valence-electron chi connectivity index (χ2n) is 3.35. The Kier molecular flexibility index (Phi) is 3.66. The Bertz CT molecular complexity index is 252. The summed E-state index contributed by atoms with van der Waals surface area (Å²) in [6, 6.07) is 0. The van der Waals surface area contributed by atoms with Gasteiger partial charge < -0.3 is 10.1 Å². The second kappa shape index (κ2) is 4.36. The number of hydrogen-bond acceptors (Lipinski definition) is 4. The summed E-state index contributed by atoms with van der Waals surface area (Å²) in [6.45, 7) is 3.83. The lowest BCUT2D eigenvalue weighted by atomic mass is 10.2. The molecular formula is C7H16N2O3S. The Morgan fingerprint density at radius 2 is 2.23 bits per heavy atom. The third-order valence-electron chi connectivity index (χ3n) is 1.80.